The lowest BCUT2D eigenvalue weighted by Gasteiger charge is -2.12. The smallest absolute Gasteiger partial charge is 0.271 e. The summed E-state index contributed by atoms with van der Waals surface area (Å²) in [6.07, 6.45) is 0.593. The molecule has 1 aliphatic heterocycles. The van der Waals surface area contributed by atoms with Gasteiger partial charge >= 0.3 is 0 Å². The van der Waals surface area contributed by atoms with Crippen molar-refractivity contribution in [1.29, 1.82) is 0 Å². The maximum absolute atomic E-state index is 11.8. The average Bonchev–Trinajstić information content (AvgIpc) is 2.34. The normalized spacial score (nSPS) is 14.7. The predicted octanol–water partition coefficient (Wildman–Crippen LogP) is 0.905. The number of nitrogens with zero attached hydrogens (tertiary/aromatic N) is 1. The zero-order chi connectivity index (χ0) is 13.1. The molecular formula is C12H13N3O3. The Hall–Kier alpha value is -2.37. The van der Waals surface area contributed by atoms with Crippen molar-refractivity contribution in [3.8, 4) is 5.75 Å². The van der Waals surface area contributed by atoms with Gasteiger partial charge in [0.1, 0.15) is 11.5 Å². The molecular weight excluding hydrogens is 234 g/mol. The monoisotopic (exact) mass is 247 g/mol. The molecule has 18 heavy (non-hydrogen) atoms. The number of rotatable bonds is 2. The number of benzene rings is 1. The van der Waals surface area contributed by atoms with E-state index in [0.29, 0.717) is 23.4 Å². The lowest BCUT2D eigenvalue weighted by molar-refractivity contribution is -0.121. The second-order valence-electron chi connectivity index (χ2n) is 4.05. The van der Waals surface area contributed by atoms with Gasteiger partial charge in [-0.15, -0.1) is 0 Å². The third-order valence-corrected chi connectivity index (χ3v) is 2.62. The van der Waals surface area contributed by atoms with E-state index in [1.807, 2.05) is 0 Å². The number of aryl methyl sites for hydroxylation is 1. The lowest BCUT2D eigenvalue weighted by Crippen LogP contribution is -2.32. The minimum Gasteiger partial charge on any atom is -0.508 e. The van der Waals surface area contributed by atoms with Crippen LogP contribution in [0.4, 0.5) is 5.69 Å². The van der Waals surface area contributed by atoms with E-state index in [1.165, 1.54) is 6.07 Å². The third-order valence-electron chi connectivity index (χ3n) is 2.62. The minimum absolute atomic E-state index is 0.176. The van der Waals surface area contributed by atoms with Crippen LogP contribution in [0.2, 0.25) is 0 Å². The summed E-state index contributed by atoms with van der Waals surface area (Å²) in [5, 5.41) is 15.7. The van der Waals surface area contributed by atoms with E-state index in [-0.39, 0.29) is 24.0 Å². The van der Waals surface area contributed by atoms with E-state index in [9.17, 15) is 14.7 Å². The summed E-state index contributed by atoms with van der Waals surface area (Å²) in [7, 11) is 0. The molecule has 94 valence electrons. The molecule has 6 heteroatoms. The summed E-state index contributed by atoms with van der Waals surface area (Å²) in [5.74, 6) is -0.359. The van der Waals surface area contributed by atoms with Crippen molar-refractivity contribution in [3.05, 3.63) is 23.8 Å². The first-order valence-corrected chi connectivity index (χ1v) is 5.52. The molecule has 0 unspecified atom stereocenters. The molecule has 1 aromatic rings. The van der Waals surface area contributed by atoms with E-state index in [0.717, 1.165) is 0 Å². The van der Waals surface area contributed by atoms with E-state index >= 15 is 0 Å². The molecule has 2 amide bonds. The van der Waals surface area contributed by atoms with Crippen molar-refractivity contribution in [2.24, 2.45) is 5.10 Å². The van der Waals surface area contributed by atoms with E-state index in [4.69, 9.17) is 0 Å². The molecule has 6 nitrogen and oxygen atoms in total. The van der Waals surface area contributed by atoms with Gasteiger partial charge in [-0.05, 0) is 30.7 Å². The van der Waals surface area contributed by atoms with Gasteiger partial charge in [-0.25, -0.2) is 5.43 Å². The van der Waals surface area contributed by atoms with Gasteiger partial charge in [0.15, 0.2) is 0 Å². The number of aromatic hydroxyl groups is 1. The number of carbonyl (C=O) groups is 2. The first-order valence-electron chi connectivity index (χ1n) is 5.52. The van der Waals surface area contributed by atoms with Gasteiger partial charge in [0.25, 0.3) is 5.91 Å². The first-order chi connectivity index (χ1) is 8.56. The summed E-state index contributed by atoms with van der Waals surface area (Å²) in [6.45, 7) is 1.74. The highest BCUT2D eigenvalue weighted by atomic mass is 16.3. The quantitative estimate of drug-likeness (QED) is 0.678. The Kier molecular flexibility index (Phi) is 3.27. The molecule has 3 N–H and O–H groups in total. The fraction of sp³-hybridized carbons (Fsp3) is 0.250. The van der Waals surface area contributed by atoms with Crippen molar-refractivity contribution in [1.82, 2.24) is 5.43 Å². The number of anilines is 1. The Morgan fingerprint density at radius 2 is 2.22 bits per heavy atom. The Morgan fingerprint density at radius 1 is 1.44 bits per heavy atom. The Balaban J connectivity index is 2.07. The van der Waals surface area contributed by atoms with Gasteiger partial charge in [-0.1, -0.05) is 0 Å². The fourth-order valence-electron chi connectivity index (χ4n) is 1.57. The molecule has 0 saturated carbocycles. The van der Waals surface area contributed by atoms with E-state index in [1.54, 1.807) is 19.1 Å². The summed E-state index contributed by atoms with van der Waals surface area (Å²) < 4.78 is 0. The van der Waals surface area contributed by atoms with Crippen LogP contribution in [-0.2, 0) is 9.59 Å². The Labute approximate surface area is 104 Å². The van der Waals surface area contributed by atoms with Gasteiger partial charge in [0.2, 0.25) is 5.91 Å². The van der Waals surface area contributed by atoms with Crippen LogP contribution >= 0.6 is 0 Å². The van der Waals surface area contributed by atoms with Crippen molar-refractivity contribution >= 4 is 23.2 Å². The fourth-order valence-corrected chi connectivity index (χ4v) is 1.57. The number of phenolic OH excluding ortho intramolecular Hbond substituents is 1. The molecule has 0 bridgehead atoms. The molecule has 0 radical (unpaired) electrons. The van der Waals surface area contributed by atoms with Crippen LogP contribution in [0.5, 0.6) is 5.75 Å². The molecule has 0 atom stereocenters. The van der Waals surface area contributed by atoms with Crippen LogP contribution in [0.25, 0.3) is 0 Å². The van der Waals surface area contributed by atoms with Gasteiger partial charge < -0.3 is 10.4 Å². The molecule has 1 aliphatic rings. The van der Waals surface area contributed by atoms with Crippen molar-refractivity contribution in [2.75, 3.05) is 5.32 Å². The summed E-state index contributed by atoms with van der Waals surface area (Å²) >= 11 is 0. The van der Waals surface area contributed by atoms with Crippen LogP contribution in [0.3, 0.4) is 0 Å². The van der Waals surface area contributed by atoms with Gasteiger partial charge in [0.05, 0.1) is 0 Å². The number of nitrogens with one attached hydrogen (secondary N) is 2. The van der Waals surface area contributed by atoms with Crippen molar-refractivity contribution < 1.29 is 14.7 Å². The molecule has 0 saturated heterocycles. The summed E-state index contributed by atoms with van der Waals surface area (Å²) in [4.78, 5) is 22.7. The number of amides is 2. The van der Waals surface area contributed by atoms with Crippen LogP contribution in [0.1, 0.15) is 18.4 Å². The number of phenols is 1. The van der Waals surface area contributed by atoms with Crippen molar-refractivity contribution in [3.63, 3.8) is 0 Å². The molecule has 0 aliphatic carbocycles. The van der Waals surface area contributed by atoms with E-state index < -0.39 is 0 Å². The summed E-state index contributed by atoms with van der Waals surface area (Å²) in [5.41, 5.74) is 3.81. The zero-order valence-electron chi connectivity index (χ0n) is 9.86. The maximum atomic E-state index is 11.8. The van der Waals surface area contributed by atoms with Crippen LogP contribution in [-0.4, -0.2) is 22.6 Å². The number of hydrazone groups is 1. The largest absolute Gasteiger partial charge is 0.508 e. The second kappa shape index (κ2) is 4.87. The van der Waals surface area contributed by atoms with Crippen LogP contribution in [0.15, 0.2) is 23.3 Å². The number of carbonyl (C=O) groups excluding carboxylic acids is 2. The molecule has 0 spiro atoms. The summed E-state index contributed by atoms with van der Waals surface area (Å²) in [6, 6.07) is 4.77. The second-order valence-corrected chi connectivity index (χ2v) is 4.05. The third kappa shape index (κ3) is 2.65. The molecule has 1 heterocycles. The van der Waals surface area contributed by atoms with E-state index in [2.05, 4.69) is 15.8 Å². The first kappa shape index (κ1) is 12.1. The highest BCUT2D eigenvalue weighted by molar-refractivity contribution is 6.43. The molecule has 1 aromatic carbocycles. The average molecular weight is 247 g/mol. The highest BCUT2D eigenvalue weighted by Gasteiger charge is 2.18. The molecule has 0 aromatic heterocycles. The molecule has 2 rings (SSSR count). The number of hydrogen-bond donors (Lipinski definition) is 3. The zero-order valence-corrected chi connectivity index (χ0v) is 9.86. The Morgan fingerprint density at radius 3 is 2.83 bits per heavy atom. The van der Waals surface area contributed by atoms with Crippen LogP contribution < -0.4 is 10.7 Å². The van der Waals surface area contributed by atoms with Crippen molar-refractivity contribution in [2.45, 2.75) is 19.8 Å². The SMILES string of the molecule is Cc1cc(NC(=O)C2=NNC(=O)CC2)ccc1O. The Bertz CT molecular complexity index is 537. The van der Waals surface area contributed by atoms with Gasteiger partial charge in [-0.3, -0.25) is 9.59 Å². The molecule has 0 fully saturated rings. The maximum Gasteiger partial charge on any atom is 0.271 e. The van der Waals surface area contributed by atoms with Gasteiger partial charge in [-0.2, -0.15) is 5.10 Å². The standard InChI is InChI=1S/C12H13N3O3/c1-7-6-8(2-4-10(7)16)13-12(18)9-3-5-11(17)15-14-9/h2,4,6,16H,3,5H2,1H3,(H,13,18)(H,15,17). The topological polar surface area (TPSA) is 90.8 Å². The number of hydrogen-bond acceptors (Lipinski definition) is 4. The van der Waals surface area contributed by atoms with Gasteiger partial charge in [0, 0.05) is 18.5 Å². The lowest BCUT2D eigenvalue weighted by atomic mass is 10.1. The highest BCUT2D eigenvalue weighted by Crippen LogP contribution is 2.20. The minimum atomic E-state index is -0.347. The predicted molar refractivity (Wildman–Crippen MR) is 66.3 cm³/mol. The van der Waals surface area contributed by atoms with Crippen LogP contribution in [0, 0.1) is 6.92 Å².